The summed E-state index contributed by atoms with van der Waals surface area (Å²) in [5.74, 6) is 0. The molecule has 0 aliphatic rings. The van der Waals surface area contributed by atoms with Crippen molar-refractivity contribution in [3.8, 4) is 39.1 Å². The van der Waals surface area contributed by atoms with Gasteiger partial charge >= 0.3 is 0 Å². The molecule has 0 N–H and O–H groups in total. The molecule has 3 heterocycles. The average molecular weight is 802 g/mol. The smallest absolute Gasteiger partial charge is 0.0620 e. The zero-order chi connectivity index (χ0) is 41.4. The van der Waals surface area contributed by atoms with E-state index < -0.39 is 0 Å². The van der Waals surface area contributed by atoms with Crippen LogP contribution in [-0.4, -0.2) is 8.97 Å². The summed E-state index contributed by atoms with van der Waals surface area (Å²) in [4.78, 5) is 2.36. The minimum atomic E-state index is 1.10. The van der Waals surface area contributed by atoms with Crippen LogP contribution in [0.4, 0.5) is 17.1 Å². The van der Waals surface area contributed by atoms with Crippen LogP contribution in [-0.2, 0) is 0 Å². The zero-order valence-corrected chi connectivity index (χ0v) is 34.4. The third kappa shape index (κ3) is 5.60. The predicted molar refractivity (Wildman–Crippen MR) is 266 cm³/mol. The van der Waals surface area contributed by atoms with Crippen molar-refractivity contribution >= 4 is 77.0 Å². The molecule has 13 aromatic rings. The molecule has 63 heavy (non-hydrogen) atoms. The highest BCUT2D eigenvalue weighted by molar-refractivity contribution is 6.23. The van der Waals surface area contributed by atoms with E-state index in [4.69, 9.17) is 0 Å². The van der Waals surface area contributed by atoms with Crippen molar-refractivity contribution in [2.24, 2.45) is 0 Å². The first-order valence-electron chi connectivity index (χ1n) is 21.7. The van der Waals surface area contributed by atoms with Crippen LogP contribution in [0, 0.1) is 0 Å². The summed E-state index contributed by atoms with van der Waals surface area (Å²) in [6.45, 7) is 0. The van der Waals surface area contributed by atoms with E-state index in [1.165, 1.54) is 93.3 Å². The Morgan fingerprint density at radius 1 is 0.254 bits per heavy atom. The van der Waals surface area contributed by atoms with Crippen molar-refractivity contribution in [3.63, 3.8) is 0 Å². The molecule has 0 aliphatic heterocycles. The van der Waals surface area contributed by atoms with Crippen LogP contribution in [0.3, 0.4) is 0 Å². The number of rotatable bonds is 7. The molecule has 0 saturated carbocycles. The van der Waals surface area contributed by atoms with Gasteiger partial charge < -0.3 is 13.9 Å². The van der Waals surface area contributed by atoms with Gasteiger partial charge in [0.15, 0.2) is 0 Å². The van der Waals surface area contributed by atoms with Crippen LogP contribution in [0.1, 0.15) is 0 Å². The van der Waals surface area contributed by atoms with Crippen LogP contribution >= 0.6 is 0 Å². The Labute approximate surface area is 364 Å². The highest BCUT2D eigenvalue weighted by atomic mass is 15.1. The molecule has 3 aromatic heterocycles. The molecule has 0 radical (unpaired) electrons. The van der Waals surface area contributed by atoms with Gasteiger partial charge in [-0.1, -0.05) is 158 Å². The van der Waals surface area contributed by atoms with Crippen molar-refractivity contribution in [1.82, 2.24) is 8.97 Å². The summed E-state index contributed by atoms with van der Waals surface area (Å²) in [7, 11) is 0. The van der Waals surface area contributed by atoms with E-state index in [0.717, 1.165) is 22.7 Å². The maximum absolute atomic E-state index is 2.44. The van der Waals surface area contributed by atoms with E-state index in [9.17, 15) is 0 Å². The van der Waals surface area contributed by atoms with Gasteiger partial charge in [0.1, 0.15) is 0 Å². The van der Waals surface area contributed by atoms with E-state index in [0.29, 0.717) is 0 Å². The van der Waals surface area contributed by atoms with Gasteiger partial charge in [0, 0.05) is 55.1 Å². The fraction of sp³-hybridized carbons (Fsp3) is 0. The van der Waals surface area contributed by atoms with Gasteiger partial charge in [0.2, 0.25) is 0 Å². The lowest BCUT2D eigenvalue weighted by Crippen LogP contribution is -2.09. The summed E-state index contributed by atoms with van der Waals surface area (Å²) < 4.78 is 4.83. The Hall–Kier alpha value is -8.40. The molecule has 0 fully saturated rings. The van der Waals surface area contributed by atoms with E-state index in [-0.39, 0.29) is 0 Å². The van der Waals surface area contributed by atoms with Crippen LogP contribution in [0.15, 0.2) is 237 Å². The highest BCUT2D eigenvalue weighted by Crippen LogP contribution is 2.42. The Kier molecular flexibility index (Phi) is 7.91. The molecule has 294 valence electrons. The summed E-state index contributed by atoms with van der Waals surface area (Å²) in [5, 5.41) is 7.70. The van der Waals surface area contributed by atoms with Crippen LogP contribution in [0.25, 0.3) is 99.0 Å². The minimum absolute atomic E-state index is 1.10. The second-order valence-electron chi connectivity index (χ2n) is 16.5. The topological polar surface area (TPSA) is 12.6 Å². The molecule has 3 heteroatoms. The lowest BCUT2D eigenvalue weighted by atomic mass is 10.0. The Morgan fingerprint density at radius 3 is 1.33 bits per heavy atom. The number of fused-ring (bicyclic) bond motifs is 9. The molecule has 0 aliphatic carbocycles. The van der Waals surface area contributed by atoms with Gasteiger partial charge in [-0.15, -0.1) is 0 Å². The van der Waals surface area contributed by atoms with Gasteiger partial charge in [-0.25, -0.2) is 0 Å². The van der Waals surface area contributed by atoms with Crippen molar-refractivity contribution in [2.45, 2.75) is 0 Å². The third-order valence-electron chi connectivity index (χ3n) is 13.1. The summed E-state index contributed by atoms with van der Waals surface area (Å²) in [5.41, 5.74) is 17.8. The van der Waals surface area contributed by atoms with Crippen LogP contribution < -0.4 is 4.90 Å². The summed E-state index contributed by atoms with van der Waals surface area (Å²) in [6.07, 6.45) is 0. The van der Waals surface area contributed by atoms with Crippen molar-refractivity contribution < 1.29 is 0 Å². The second kappa shape index (κ2) is 14.1. The SMILES string of the molecule is c1ccc(-c2ccc(N(c3ccc(-c4ccc5c(c4)c4cccc6c7ccccc7n5c64)cc3)c3ccc(-c4ccc5c6ccccc6n(-c6ccccc6)c5c4)cc3)cc2)cc1. The Bertz CT molecular complexity index is 3800. The monoisotopic (exact) mass is 801 g/mol. The second-order valence-corrected chi connectivity index (χ2v) is 16.5. The molecular weight excluding hydrogens is 763 g/mol. The number of aromatic nitrogens is 2. The third-order valence-corrected chi connectivity index (χ3v) is 13.1. The standard InChI is InChI=1S/C60H39N3/c1-3-12-40(13-4-1)41-22-30-47(31-23-41)61(49-34-26-43(27-35-49)45-28-36-52-50-16-7-9-20-56(50)62(59(52)39-45)46-14-5-2-6-15-46)48-32-24-42(25-33-48)44-29-37-58-55(38-44)54-19-11-18-53-51-17-8-10-21-57(51)63(58)60(53)54/h1-39H. The Balaban J connectivity index is 0.887. The van der Waals surface area contributed by atoms with E-state index in [2.05, 4.69) is 250 Å². The van der Waals surface area contributed by atoms with Gasteiger partial charge in [-0.2, -0.15) is 0 Å². The molecule has 0 bridgehead atoms. The lowest BCUT2D eigenvalue weighted by Gasteiger charge is -2.26. The normalized spacial score (nSPS) is 11.8. The lowest BCUT2D eigenvalue weighted by molar-refractivity contribution is 1.18. The Morgan fingerprint density at radius 2 is 0.683 bits per heavy atom. The van der Waals surface area contributed by atoms with Crippen molar-refractivity contribution in [2.75, 3.05) is 4.90 Å². The zero-order valence-electron chi connectivity index (χ0n) is 34.4. The maximum Gasteiger partial charge on any atom is 0.0620 e. The number of nitrogens with zero attached hydrogens (tertiary/aromatic N) is 3. The summed E-state index contributed by atoms with van der Waals surface area (Å²) in [6, 6.07) is 86.3. The molecule has 3 nitrogen and oxygen atoms in total. The molecule has 10 aromatic carbocycles. The number of benzene rings is 10. The molecule has 0 amide bonds. The molecule has 0 atom stereocenters. The van der Waals surface area contributed by atoms with Gasteiger partial charge in [0.05, 0.1) is 27.6 Å². The molecule has 0 unspecified atom stereocenters. The van der Waals surface area contributed by atoms with E-state index in [1.807, 2.05) is 0 Å². The van der Waals surface area contributed by atoms with Gasteiger partial charge in [-0.3, -0.25) is 0 Å². The van der Waals surface area contributed by atoms with E-state index >= 15 is 0 Å². The number of anilines is 3. The van der Waals surface area contributed by atoms with Crippen LogP contribution in [0.5, 0.6) is 0 Å². The largest absolute Gasteiger partial charge is 0.311 e. The van der Waals surface area contributed by atoms with Crippen LogP contribution in [0.2, 0.25) is 0 Å². The molecular formula is C60H39N3. The van der Waals surface area contributed by atoms with Crippen molar-refractivity contribution in [1.29, 1.82) is 0 Å². The maximum atomic E-state index is 2.44. The minimum Gasteiger partial charge on any atom is -0.311 e. The quantitative estimate of drug-likeness (QED) is 0.156. The molecule has 0 spiro atoms. The number of hydrogen-bond donors (Lipinski definition) is 0. The molecule has 13 rings (SSSR count). The fourth-order valence-electron chi connectivity index (χ4n) is 10.1. The van der Waals surface area contributed by atoms with Gasteiger partial charge in [-0.05, 0) is 112 Å². The highest BCUT2D eigenvalue weighted by Gasteiger charge is 2.19. The number of hydrogen-bond acceptors (Lipinski definition) is 1. The average Bonchev–Trinajstić information content (AvgIpc) is 4.00. The number of para-hydroxylation sites is 4. The first-order chi connectivity index (χ1) is 31.2. The molecule has 0 saturated heterocycles. The van der Waals surface area contributed by atoms with Gasteiger partial charge in [0.25, 0.3) is 0 Å². The first kappa shape index (κ1) is 35.4. The first-order valence-corrected chi connectivity index (χ1v) is 21.7. The van der Waals surface area contributed by atoms with E-state index in [1.54, 1.807) is 0 Å². The fourth-order valence-corrected chi connectivity index (χ4v) is 10.1. The predicted octanol–water partition coefficient (Wildman–Crippen LogP) is 16.4. The van der Waals surface area contributed by atoms with Crippen molar-refractivity contribution in [3.05, 3.63) is 237 Å². The summed E-state index contributed by atoms with van der Waals surface area (Å²) >= 11 is 0.